The molecule has 0 bridgehead atoms. The fraction of sp³-hybridized carbons (Fsp3) is 0.357. The number of carbonyl (C=O) groups is 1. The average molecular weight is 249 g/mol. The zero-order valence-electron chi connectivity index (χ0n) is 10.1. The van der Waals surface area contributed by atoms with Crippen molar-refractivity contribution in [2.24, 2.45) is 0 Å². The quantitative estimate of drug-likeness (QED) is 0.836. The Kier molecular flexibility index (Phi) is 4.10. The van der Waals surface area contributed by atoms with Crippen molar-refractivity contribution < 1.29 is 14.3 Å². The number of piperidine rings is 1. The predicted molar refractivity (Wildman–Crippen MR) is 66.6 cm³/mol. The third kappa shape index (κ3) is 3.67. The third-order valence-corrected chi connectivity index (χ3v) is 3.15. The molecule has 1 fully saturated rings. The minimum atomic E-state index is -0.864. The molecule has 4 heteroatoms. The number of carboxylic acids is 1. The van der Waals surface area contributed by atoms with E-state index in [4.69, 9.17) is 5.11 Å². The van der Waals surface area contributed by atoms with E-state index < -0.39 is 5.97 Å². The number of hydrogen-bond donors (Lipinski definition) is 1. The van der Waals surface area contributed by atoms with Gasteiger partial charge in [-0.25, -0.2) is 9.18 Å². The summed E-state index contributed by atoms with van der Waals surface area (Å²) in [6.07, 6.45) is 2.91. The van der Waals surface area contributed by atoms with Crippen LogP contribution in [0.15, 0.2) is 35.9 Å². The van der Waals surface area contributed by atoms with Crippen LogP contribution in [0.2, 0.25) is 0 Å². The van der Waals surface area contributed by atoms with Gasteiger partial charge >= 0.3 is 5.97 Å². The molecule has 0 radical (unpaired) electrons. The molecule has 1 aliphatic rings. The lowest BCUT2D eigenvalue weighted by molar-refractivity contribution is -0.131. The first kappa shape index (κ1) is 12.8. The fourth-order valence-electron chi connectivity index (χ4n) is 2.17. The van der Waals surface area contributed by atoms with E-state index >= 15 is 0 Å². The van der Waals surface area contributed by atoms with Gasteiger partial charge in [-0.1, -0.05) is 17.7 Å². The Morgan fingerprint density at radius 2 is 1.89 bits per heavy atom. The second-order valence-corrected chi connectivity index (χ2v) is 4.54. The Bertz CT molecular complexity index is 443. The van der Waals surface area contributed by atoms with E-state index in [-0.39, 0.29) is 5.82 Å². The minimum Gasteiger partial charge on any atom is -0.478 e. The Balaban J connectivity index is 1.87. The third-order valence-electron chi connectivity index (χ3n) is 3.15. The number of halogens is 1. The van der Waals surface area contributed by atoms with Gasteiger partial charge in [0.15, 0.2) is 0 Å². The van der Waals surface area contributed by atoms with E-state index in [0.717, 1.165) is 43.6 Å². The van der Waals surface area contributed by atoms with Crippen molar-refractivity contribution >= 4 is 5.97 Å². The minimum absolute atomic E-state index is 0.218. The summed E-state index contributed by atoms with van der Waals surface area (Å²) in [5.41, 5.74) is 2.08. The Morgan fingerprint density at radius 1 is 1.28 bits per heavy atom. The number of rotatable bonds is 3. The largest absolute Gasteiger partial charge is 0.478 e. The number of nitrogens with zero attached hydrogens (tertiary/aromatic N) is 1. The van der Waals surface area contributed by atoms with Crippen LogP contribution in [0.25, 0.3) is 0 Å². The smallest absolute Gasteiger partial charge is 0.328 e. The van der Waals surface area contributed by atoms with Gasteiger partial charge in [0.2, 0.25) is 0 Å². The van der Waals surface area contributed by atoms with Crippen LogP contribution in [0.4, 0.5) is 4.39 Å². The molecule has 3 nitrogen and oxygen atoms in total. The van der Waals surface area contributed by atoms with E-state index in [1.54, 1.807) is 12.1 Å². The first-order chi connectivity index (χ1) is 8.63. The number of benzene rings is 1. The molecule has 0 saturated carbocycles. The Morgan fingerprint density at radius 3 is 2.44 bits per heavy atom. The van der Waals surface area contributed by atoms with E-state index in [1.807, 2.05) is 0 Å². The second-order valence-electron chi connectivity index (χ2n) is 4.54. The van der Waals surface area contributed by atoms with Crippen molar-refractivity contribution in [3.8, 4) is 0 Å². The molecule has 0 aliphatic carbocycles. The summed E-state index contributed by atoms with van der Waals surface area (Å²) in [6.45, 7) is 2.51. The number of hydrogen-bond acceptors (Lipinski definition) is 2. The molecular formula is C14H16FNO2. The van der Waals surface area contributed by atoms with Gasteiger partial charge in [0.25, 0.3) is 0 Å². The van der Waals surface area contributed by atoms with Crippen LogP contribution in [0.3, 0.4) is 0 Å². The van der Waals surface area contributed by atoms with Crippen LogP contribution in [0, 0.1) is 5.82 Å². The normalized spacial score (nSPS) is 16.6. The summed E-state index contributed by atoms with van der Waals surface area (Å²) in [5.74, 6) is -1.08. The molecule has 0 spiro atoms. The van der Waals surface area contributed by atoms with Gasteiger partial charge < -0.3 is 5.11 Å². The van der Waals surface area contributed by atoms with Gasteiger partial charge in [-0.3, -0.25) is 4.90 Å². The molecule has 1 saturated heterocycles. The SMILES string of the molecule is O=C(O)C=C1CCN(Cc2ccc(F)cc2)CC1. The van der Waals surface area contributed by atoms with E-state index in [9.17, 15) is 9.18 Å². The van der Waals surface area contributed by atoms with Crippen molar-refractivity contribution in [1.82, 2.24) is 4.90 Å². The summed E-state index contributed by atoms with van der Waals surface area (Å²) in [5, 5.41) is 8.67. The number of aliphatic carboxylic acids is 1. The standard InChI is InChI=1S/C14H16FNO2/c15-13-3-1-12(2-4-13)10-16-7-5-11(6-8-16)9-14(17)18/h1-4,9H,5-8,10H2,(H,17,18). The monoisotopic (exact) mass is 249 g/mol. The molecule has 96 valence electrons. The van der Waals surface area contributed by atoms with E-state index in [0.29, 0.717) is 0 Å². The van der Waals surface area contributed by atoms with E-state index in [2.05, 4.69) is 4.90 Å². The van der Waals surface area contributed by atoms with Crippen molar-refractivity contribution in [2.45, 2.75) is 19.4 Å². The van der Waals surface area contributed by atoms with Crippen molar-refractivity contribution in [3.05, 3.63) is 47.3 Å². The first-order valence-corrected chi connectivity index (χ1v) is 6.02. The first-order valence-electron chi connectivity index (χ1n) is 6.02. The van der Waals surface area contributed by atoms with Crippen LogP contribution in [0.1, 0.15) is 18.4 Å². The molecular weight excluding hydrogens is 233 g/mol. The molecule has 1 heterocycles. The summed E-state index contributed by atoms with van der Waals surface area (Å²) in [6, 6.07) is 6.51. The van der Waals surface area contributed by atoms with Crippen molar-refractivity contribution in [1.29, 1.82) is 0 Å². The highest BCUT2D eigenvalue weighted by molar-refractivity contribution is 5.80. The Hall–Kier alpha value is -1.68. The lowest BCUT2D eigenvalue weighted by Gasteiger charge is -2.28. The van der Waals surface area contributed by atoms with Crippen molar-refractivity contribution in [2.75, 3.05) is 13.1 Å². The Labute approximate surface area is 106 Å². The van der Waals surface area contributed by atoms with Crippen LogP contribution in [-0.4, -0.2) is 29.1 Å². The van der Waals surface area contributed by atoms with Gasteiger partial charge in [-0.15, -0.1) is 0 Å². The van der Waals surface area contributed by atoms with E-state index in [1.165, 1.54) is 18.2 Å². The van der Waals surface area contributed by atoms with Gasteiger partial charge in [0.1, 0.15) is 5.82 Å². The molecule has 1 N–H and O–H groups in total. The maximum Gasteiger partial charge on any atom is 0.328 e. The lowest BCUT2D eigenvalue weighted by Crippen LogP contribution is -2.30. The maximum atomic E-state index is 12.8. The highest BCUT2D eigenvalue weighted by Gasteiger charge is 2.14. The molecule has 1 aliphatic heterocycles. The van der Waals surface area contributed by atoms with Crippen LogP contribution < -0.4 is 0 Å². The predicted octanol–water partition coefficient (Wildman–Crippen LogP) is 2.43. The highest BCUT2D eigenvalue weighted by atomic mass is 19.1. The zero-order valence-corrected chi connectivity index (χ0v) is 10.1. The average Bonchev–Trinajstić information content (AvgIpc) is 2.34. The molecule has 1 aromatic rings. The van der Waals surface area contributed by atoms with Gasteiger partial charge in [0.05, 0.1) is 0 Å². The highest BCUT2D eigenvalue weighted by Crippen LogP contribution is 2.18. The summed E-state index contributed by atoms with van der Waals surface area (Å²) in [7, 11) is 0. The molecule has 18 heavy (non-hydrogen) atoms. The second kappa shape index (κ2) is 5.78. The van der Waals surface area contributed by atoms with Crippen molar-refractivity contribution in [3.63, 3.8) is 0 Å². The summed E-state index contributed by atoms with van der Waals surface area (Å²) < 4.78 is 12.8. The summed E-state index contributed by atoms with van der Waals surface area (Å²) in [4.78, 5) is 12.8. The zero-order chi connectivity index (χ0) is 13.0. The van der Waals surface area contributed by atoms with Gasteiger partial charge in [0, 0.05) is 25.7 Å². The van der Waals surface area contributed by atoms with Crippen LogP contribution in [0.5, 0.6) is 0 Å². The molecule has 0 aromatic heterocycles. The number of likely N-dealkylation sites (tertiary alicyclic amines) is 1. The molecule has 0 unspecified atom stereocenters. The molecule has 0 atom stereocenters. The fourth-order valence-corrected chi connectivity index (χ4v) is 2.17. The van der Waals surface area contributed by atoms with Gasteiger partial charge in [-0.2, -0.15) is 0 Å². The van der Waals surface area contributed by atoms with Gasteiger partial charge in [-0.05, 0) is 30.5 Å². The number of carboxylic acid groups (broad SMARTS) is 1. The summed E-state index contributed by atoms with van der Waals surface area (Å²) >= 11 is 0. The topological polar surface area (TPSA) is 40.5 Å². The lowest BCUT2D eigenvalue weighted by atomic mass is 10.0. The molecule has 2 rings (SSSR count). The molecule has 1 aromatic carbocycles. The van der Waals surface area contributed by atoms with Crippen LogP contribution in [-0.2, 0) is 11.3 Å². The maximum absolute atomic E-state index is 12.8. The molecule has 0 amide bonds. The van der Waals surface area contributed by atoms with Crippen LogP contribution >= 0.6 is 0 Å².